The van der Waals surface area contributed by atoms with E-state index in [4.69, 9.17) is 0 Å². The zero-order valence-corrected chi connectivity index (χ0v) is 16.6. The van der Waals surface area contributed by atoms with Gasteiger partial charge in [0.15, 0.2) is 0 Å². The van der Waals surface area contributed by atoms with E-state index in [1.165, 1.54) is 5.56 Å². The minimum absolute atomic E-state index is 0.0827. The lowest BCUT2D eigenvalue weighted by molar-refractivity contribution is -0.134. The van der Waals surface area contributed by atoms with E-state index in [2.05, 4.69) is 38.4 Å². The Morgan fingerprint density at radius 2 is 2.11 bits per heavy atom. The van der Waals surface area contributed by atoms with Crippen molar-refractivity contribution in [1.29, 1.82) is 0 Å². The van der Waals surface area contributed by atoms with Crippen molar-refractivity contribution < 1.29 is 4.79 Å². The second kappa shape index (κ2) is 8.84. The number of amides is 1. The van der Waals surface area contributed by atoms with Crippen molar-refractivity contribution in [3.63, 3.8) is 0 Å². The van der Waals surface area contributed by atoms with Crippen LogP contribution in [0.3, 0.4) is 0 Å². The number of rotatable bonds is 6. The highest BCUT2D eigenvalue weighted by atomic mass is 16.2. The Kier molecular flexibility index (Phi) is 6.02. The SMILES string of the molecule is CCCC1CC(C(=O)N2CCC(c3nccn3Cc3cccnc3)CC2)NN1. The van der Waals surface area contributed by atoms with Gasteiger partial charge in [-0.05, 0) is 37.3 Å². The van der Waals surface area contributed by atoms with Gasteiger partial charge in [0.25, 0.3) is 0 Å². The van der Waals surface area contributed by atoms with Crippen LogP contribution in [-0.2, 0) is 11.3 Å². The lowest BCUT2D eigenvalue weighted by Gasteiger charge is -2.33. The smallest absolute Gasteiger partial charge is 0.241 e. The molecule has 2 atom stereocenters. The van der Waals surface area contributed by atoms with Crippen molar-refractivity contribution in [3.05, 3.63) is 48.3 Å². The van der Waals surface area contributed by atoms with E-state index in [0.29, 0.717) is 12.0 Å². The third kappa shape index (κ3) is 4.25. The predicted octanol–water partition coefficient (Wildman–Crippen LogP) is 2.07. The summed E-state index contributed by atoms with van der Waals surface area (Å²) < 4.78 is 2.22. The minimum Gasteiger partial charge on any atom is -0.341 e. The average molecular weight is 383 g/mol. The zero-order chi connectivity index (χ0) is 19.3. The number of likely N-dealkylation sites (tertiary alicyclic amines) is 1. The van der Waals surface area contributed by atoms with Crippen molar-refractivity contribution in [2.45, 2.75) is 63.6 Å². The number of carbonyl (C=O) groups excluding carboxylic acids is 1. The number of nitrogens with one attached hydrogen (secondary N) is 2. The molecule has 2 saturated heterocycles. The maximum atomic E-state index is 12.8. The molecule has 0 aliphatic carbocycles. The van der Waals surface area contributed by atoms with Gasteiger partial charge in [0.1, 0.15) is 11.9 Å². The van der Waals surface area contributed by atoms with Gasteiger partial charge in [-0.25, -0.2) is 10.4 Å². The number of pyridine rings is 1. The van der Waals surface area contributed by atoms with Gasteiger partial charge in [0.05, 0.1) is 6.54 Å². The highest BCUT2D eigenvalue weighted by Gasteiger charge is 2.34. The maximum absolute atomic E-state index is 12.8. The van der Waals surface area contributed by atoms with Gasteiger partial charge in [-0.15, -0.1) is 0 Å². The van der Waals surface area contributed by atoms with Crippen LogP contribution in [0.25, 0.3) is 0 Å². The summed E-state index contributed by atoms with van der Waals surface area (Å²) in [7, 11) is 0. The van der Waals surface area contributed by atoms with E-state index >= 15 is 0 Å². The molecular weight excluding hydrogens is 352 g/mol. The first-order valence-electron chi connectivity index (χ1n) is 10.4. The van der Waals surface area contributed by atoms with Gasteiger partial charge in [0, 0.05) is 49.8 Å². The van der Waals surface area contributed by atoms with Crippen LogP contribution in [0, 0.1) is 0 Å². The number of nitrogens with zero attached hydrogens (tertiary/aromatic N) is 4. The fourth-order valence-corrected chi connectivity index (χ4v) is 4.40. The molecule has 7 nitrogen and oxygen atoms in total. The second-order valence-electron chi connectivity index (χ2n) is 7.94. The van der Waals surface area contributed by atoms with Gasteiger partial charge < -0.3 is 9.47 Å². The van der Waals surface area contributed by atoms with Crippen LogP contribution >= 0.6 is 0 Å². The molecule has 0 aromatic carbocycles. The molecule has 2 aromatic rings. The third-order valence-electron chi connectivity index (χ3n) is 5.91. The quantitative estimate of drug-likeness (QED) is 0.800. The molecule has 1 amide bonds. The molecule has 7 heteroatoms. The van der Waals surface area contributed by atoms with E-state index < -0.39 is 0 Å². The molecule has 0 spiro atoms. The Morgan fingerprint density at radius 1 is 1.25 bits per heavy atom. The zero-order valence-electron chi connectivity index (χ0n) is 16.6. The summed E-state index contributed by atoms with van der Waals surface area (Å²) in [6.45, 7) is 4.58. The van der Waals surface area contributed by atoms with Gasteiger partial charge in [-0.2, -0.15) is 0 Å². The number of carbonyl (C=O) groups is 1. The van der Waals surface area contributed by atoms with E-state index in [9.17, 15) is 4.79 Å². The maximum Gasteiger partial charge on any atom is 0.241 e. The Balaban J connectivity index is 1.32. The molecule has 0 radical (unpaired) electrons. The normalized spacial score (nSPS) is 23.2. The number of hydrazine groups is 1. The highest BCUT2D eigenvalue weighted by molar-refractivity contribution is 5.82. The van der Waals surface area contributed by atoms with Crippen molar-refractivity contribution >= 4 is 5.91 Å². The number of imidazole rings is 1. The molecule has 4 heterocycles. The summed E-state index contributed by atoms with van der Waals surface area (Å²) in [5, 5.41) is 0. The summed E-state index contributed by atoms with van der Waals surface area (Å²) >= 11 is 0. The van der Waals surface area contributed by atoms with Gasteiger partial charge >= 0.3 is 0 Å². The van der Waals surface area contributed by atoms with Crippen LogP contribution < -0.4 is 10.9 Å². The fourth-order valence-electron chi connectivity index (χ4n) is 4.40. The van der Waals surface area contributed by atoms with E-state index in [1.54, 1.807) is 6.20 Å². The fraction of sp³-hybridized carbons (Fsp3) is 0.571. The van der Waals surface area contributed by atoms with Crippen molar-refractivity contribution in [2.24, 2.45) is 0 Å². The highest BCUT2D eigenvalue weighted by Crippen LogP contribution is 2.28. The van der Waals surface area contributed by atoms with Gasteiger partial charge in [0.2, 0.25) is 5.91 Å². The average Bonchev–Trinajstić information content (AvgIpc) is 3.38. The minimum atomic E-state index is -0.0827. The van der Waals surface area contributed by atoms with E-state index in [1.807, 2.05) is 29.6 Å². The van der Waals surface area contributed by atoms with Crippen LogP contribution in [0.5, 0.6) is 0 Å². The summed E-state index contributed by atoms with van der Waals surface area (Å²) in [5.74, 6) is 1.76. The van der Waals surface area contributed by atoms with E-state index in [-0.39, 0.29) is 11.9 Å². The molecule has 0 bridgehead atoms. The predicted molar refractivity (Wildman–Crippen MR) is 107 cm³/mol. The Hall–Kier alpha value is -2.25. The first-order valence-corrected chi connectivity index (χ1v) is 10.4. The molecule has 4 rings (SSSR count). The van der Waals surface area contributed by atoms with Crippen LogP contribution in [-0.4, -0.2) is 50.5 Å². The Labute approximate surface area is 166 Å². The molecule has 2 unspecified atom stereocenters. The van der Waals surface area contributed by atoms with Gasteiger partial charge in [-0.1, -0.05) is 19.4 Å². The molecule has 2 aliphatic heterocycles. The van der Waals surface area contributed by atoms with Crippen molar-refractivity contribution in [2.75, 3.05) is 13.1 Å². The molecule has 150 valence electrons. The molecule has 28 heavy (non-hydrogen) atoms. The lowest BCUT2D eigenvalue weighted by Crippen LogP contribution is -2.48. The molecular formula is C21H30N6O. The lowest BCUT2D eigenvalue weighted by atomic mass is 9.95. The van der Waals surface area contributed by atoms with E-state index in [0.717, 1.165) is 57.6 Å². The molecule has 0 saturated carbocycles. The molecule has 2 aliphatic rings. The van der Waals surface area contributed by atoms with Gasteiger partial charge in [-0.3, -0.25) is 15.2 Å². The number of aromatic nitrogens is 3. The van der Waals surface area contributed by atoms with Crippen molar-refractivity contribution in [1.82, 2.24) is 30.3 Å². The summed E-state index contributed by atoms with van der Waals surface area (Å²) in [5.41, 5.74) is 7.65. The summed E-state index contributed by atoms with van der Waals surface area (Å²) in [4.78, 5) is 23.7. The van der Waals surface area contributed by atoms with Crippen LogP contribution in [0.1, 0.15) is 56.3 Å². The molecule has 2 fully saturated rings. The van der Waals surface area contributed by atoms with Crippen LogP contribution in [0.4, 0.5) is 0 Å². The number of hydrogen-bond acceptors (Lipinski definition) is 5. The summed E-state index contributed by atoms with van der Waals surface area (Å²) in [6.07, 6.45) is 12.7. The number of piperidine rings is 1. The molecule has 2 aromatic heterocycles. The third-order valence-corrected chi connectivity index (χ3v) is 5.91. The van der Waals surface area contributed by atoms with Crippen LogP contribution in [0.2, 0.25) is 0 Å². The van der Waals surface area contributed by atoms with Crippen LogP contribution in [0.15, 0.2) is 36.9 Å². The monoisotopic (exact) mass is 382 g/mol. The number of hydrogen-bond donors (Lipinski definition) is 2. The first kappa shape index (κ1) is 19.1. The largest absolute Gasteiger partial charge is 0.341 e. The van der Waals surface area contributed by atoms with Crippen molar-refractivity contribution in [3.8, 4) is 0 Å². The summed E-state index contributed by atoms with van der Waals surface area (Å²) in [6, 6.07) is 4.39. The second-order valence-corrected chi connectivity index (χ2v) is 7.94. The Bertz CT molecular complexity index is 768. The standard InChI is InChI=1S/C21H30N6O/c1-2-4-18-13-19(25-24-18)21(28)26-10-6-17(7-11-26)20-23-9-12-27(20)15-16-5-3-8-22-14-16/h3,5,8-9,12,14,17-19,24-25H,2,4,6-7,10-11,13,15H2,1H3. The first-order chi connectivity index (χ1) is 13.7. The molecule has 2 N–H and O–H groups in total. The Morgan fingerprint density at radius 3 is 2.86 bits per heavy atom. The topological polar surface area (TPSA) is 75.1 Å².